The Morgan fingerprint density at radius 1 is 1.30 bits per heavy atom. The molecule has 1 aliphatic rings. The van der Waals surface area contributed by atoms with Gasteiger partial charge in [0.05, 0.1) is 11.0 Å². The van der Waals surface area contributed by atoms with Crippen LogP contribution in [0.1, 0.15) is 38.8 Å². The molecule has 0 aliphatic carbocycles. The number of amides is 1. The van der Waals surface area contributed by atoms with Gasteiger partial charge in [0.15, 0.2) is 0 Å². The Labute approximate surface area is 117 Å². The number of non-ortho nitro benzene ring substituents is 1. The quantitative estimate of drug-likeness (QED) is 0.661. The molecule has 2 rings (SSSR count). The number of nitrogens with two attached hydrogens (primary N) is 1. The minimum atomic E-state index is -0.439. The number of carbonyl (C=O) groups is 1. The van der Waals surface area contributed by atoms with Crippen LogP contribution < -0.4 is 5.73 Å². The van der Waals surface area contributed by atoms with E-state index in [1.807, 2.05) is 20.8 Å². The SMILES string of the molecule is CC(C)(C)N1C(=O)CC(N)C1c1ccc([N+](=O)[O-])cc1. The summed E-state index contributed by atoms with van der Waals surface area (Å²) in [6.07, 6.45) is 0.304. The predicted octanol–water partition coefficient (Wildman–Crippen LogP) is 1.99. The van der Waals surface area contributed by atoms with Crippen LogP contribution in [-0.4, -0.2) is 27.3 Å². The fourth-order valence-corrected chi connectivity index (χ4v) is 2.74. The van der Waals surface area contributed by atoms with Crippen molar-refractivity contribution in [1.82, 2.24) is 4.90 Å². The van der Waals surface area contributed by atoms with Crippen molar-refractivity contribution in [3.8, 4) is 0 Å². The number of likely N-dealkylation sites (tertiary alicyclic amines) is 1. The molecule has 0 bridgehead atoms. The third-order valence-electron chi connectivity index (χ3n) is 3.53. The van der Waals surface area contributed by atoms with Gasteiger partial charge in [0, 0.05) is 30.1 Å². The summed E-state index contributed by atoms with van der Waals surface area (Å²) in [4.78, 5) is 24.2. The van der Waals surface area contributed by atoms with Crippen molar-refractivity contribution in [2.75, 3.05) is 0 Å². The smallest absolute Gasteiger partial charge is 0.269 e. The summed E-state index contributed by atoms with van der Waals surface area (Å²) < 4.78 is 0. The number of nitro benzene ring substituents is 1. The third kappa shape index (κ3) is 2.51. The summed E-state index contributed by atoms with van der Waals surface area (Å²) in [5.41, 5.74) is 6.63. The highest BCUT2D eigenvalue weighted by Gasteiger charge is 2.43. The van der Waals surface area contributed by atoms with E-state index in [4.69, 9.17) is 5.73 Å². The molecule has 1 amide bonds. The highest BCUT2D eigenvalue weighted by atomic mass is 16.6. The lowest BCUT2D eigenvalue weighted by molar-refractivity contribution is -0.384. The number of hydrogen-bond acceptors (Lipinski definition) is 4. The largest absolute Gasteiger partial charge is 0.329 e. The van der Waals surface area contributed by atoms with Gasteiger partial charge in [-0.15, -0.1) is 0 Å². The van der Waals surface area contributed by atoms with E-state index < -0.39 is 4.92 Å². The van der Waals surface area contributed by atoms with Crippen molar-refractivity contribution in [2.45, 2.75) is 44.8 Å². The van der Waals surface area contributed by atoms with Crippen LogP contribution in [0.5, 0.6) is 0 Å². The van der Waals surface area contributed by atoms with Gasteiger partial charge >= 0.3 is 0 Å². The molecule has 1 aromatic carbocycles. The maximum absolute atomic E-state index is 12.1. The first kappa shape index (κ1) is 14.5. The predicted molar refractivity (Wildman–Crippen MR) is 75.0 cm³/mol. The molecule has 2 N–H and O–H groups in total. The van der Waals surface area contributed by atoms with Crippen LogP contribution in [-0.2, 0) is 4.79 Å². The third-order valence-corrected chi connectivity index (χ3v) is 3.53. The Hall–Kier alpha value is -1.95. The van der Waals surface area contributed by atoms with Gasteiger partial charge in [-0.05, 0) is 26.3 Å². The topological polar surface area (TPSA) is 89.5 Å². The summed E-state index contributed by atoms with van der Waals surface area (Å²) in [5.74, 6) is 0.0216. The number of nitrogens with zero attached hydrogens (tertiary/aromatic N) is 2. The summed E-state index contributed by atoms with van der Waals surface area (Å²) in [7, 11) is 0. The molecule has 2 unspecified atom stereocenters. The zero-order chi connectivity index (χ0) is 15.1. The summed E-state index contributed by atoms with van der Waals surface area (Å²) in [6, 6.07) is 5.74. The van der Waals surface area contributed by atoms with Crippen LogP contribution in [0.3, 0.4) is 0 Å². The average Bonchev–Trinajstić information content (AvgIpc) is 2.64. The highest BCUT2D eigenvalue weighted by Crippen LogP contribution is 2.37. The molecule has 1 fully saturated rings. The lowest BCUT2D eigenvalue weighted by Crippen LogP contribution is -2.45. The molecule has 20 heavy (non-hydrogen) atoms. The van der Waals surface area contributed by atoms with Crippen molar-refractivity contribution < 1.29 is 9.72 Å². The van der Waals surface area contributed by atoms with E-state index in [9.17, 15) is 14.9 Å². The van der Waals surface area contributed by atoms with Crippen LogP contribution in [0.15, 0.2) is 24.3 Å². The Balaban J connectivity index is 2.38. The molecular formula is C14H19N3O3. The highest BCUT2D eigenvalue weighted by molar-refractivity contribution is 5.81. The number of benzene rings is 1. The summed E-state index contributed by atoms with van der Waals surface area (Å²) in [6.45, 7) is 5.88. The minimum absolute atomic E-state index is 0.0216. The molecule has 0 radical (unpaired) electrons. The second kappa shape index (κ2) is 4.86. The van der Waals surface area contributed by atoms with Crippen LogP contribution in [0.25, 0.3) is 0 Å². The first-order valence-corrected chi connectivity index (χ1v) is 6.54. The van der Waals surface area contributed by atoms with Crippen molar-refractivity contribution in [3.05, 3.63) is 39.9 Å². The zero-order valence-electron chi connectivity index (χ0n) is 11.9. The van der Waals surface area contributed by atoms with E-state index in [0.717, 1.165) is 5.56 Å². The van der Waals surface area contributed by atoms with Crippen LogP contribution >= 0.6 is 0 Å². The normalized spacial score (nSPS) is 23.2. The van der Waals surface area contributed by atoms with E-state index in [2.05, 4.69) is 0 Å². The van der Waals surface area contributed by atoms with Crippen LogP contribution in [0.2, 0.25) is 0 Å². The van der Waals surface area contributed by atoms with Crippen molar-refractivity contribution in [1.29, 1.82) is 0 Å². The van der Waals surface area contributed by atoms with Gasteiger partial charge < -0.3 is 10.6 Å². The van der Waals surface area contributed by atoms with E-state index in [1.165, 1.54) is 12.1 Å². The molecule has 6 nitrogen and oxygen atoms in total. The van der Waals surface area contributed by atoms with E-state index in [0.29, 0.717) is 6.42 Å². The molecule has 2 atom stereocenters. The Kier molecular flexibility index (Phi) is 3.52. The van der Waals surface area contributed by atoms with Crippen molar-refractivity contribution in [2.24, 2.45) is 5.73 Å². The lowest BCUT2D eigenvalue weighted by atomic mass is 9.97. The Bertz CT molecular complexity index is 534. The number of carbonyl (C=O) groups excluding carboxylic acids is 1. The fraction of sp³-hybridized carbons (Fsp3) is 0.500. The van der Waals surface area contributed by atoms with Crippen LogP contribution in [0.4, 0.5) is 5.69 Å². The molecule has 1 saturated heterocycles. The van der Waals surface area contributed by atoms with Gasteiger partial charge in [-0.3, -0.25) is 14.9 Å². The number of hydrogen-bond donors (Lipinski definition) is 1. The van der Waals surface area contributed by atoms with Gasteiger partial charge in [-0.25, -0.2) is 0 Å². The van der Waals surface area contributed by atoms with Gasteiger partial charge in [0.25, 0.3) is 5.69 Å². The fourth-order valence-electron chi connectivity index (χ4n) is 2.74. The zero-order valence-corrected chi connectivity index (χ0v) is 11.9. The summed E-state index contributed by atoms with van der Waals surface area (Å²) >= 11 is 0. The van der Waals surface area contributed by atoms with Crippen molar-refractivity contribution in [3.63, 3.8) is 0 Å². The maximum Gasteiger partial charge on any atom is 0.269 e. The molecule has 1 heterocycles. The lowest BCUT2D eigenvalue weighted by Gasteiger charge is -2.38. The second-order valence-corrected chi connectivity index (χ2v) is 6.10. The molecule has 0 saturated carbocycles. The first-order valence-electron chi connectivity index (χ1n) is 6.54. The number of nitro groups is 1. The van der Waals surface area contributed by atoms with Crippen molar-refractivity contribution >= 4 is 11.6 Å². The van der Waals surface area contributed by atoms with Gasteiger partial charge in [0.2, 0.25) is 5.91 Å². The monoisotopic (exact) mass is 277 g/mol. The molecule has 108 valence electrons. The van der Waals surface area contributed by atoms with Gasteiger partial charge in [0.1, 0.15) is 0 Å². The molecule has 0 spiro atoms. The van der Waals surface area contributed by atoms with E-state index in [1.54, 1.807) is 17.0 Å². The first-order chi connectivity index (χ1) is 9.21. The number of rotatable bonds is 2. The average molecular weight is 277 g/mol. The Morgan fingerprint density at radius 3 is 2.30 bits per heavy atom. The van der Waals surface area contributed by atoms with E-state index >= 15 is 0 Å². The second-order valence-electron chi connectivity index (χ2n) is 6.10. The van der Waals surface area contributed by atoms with Gasteiger partial charge in [-0.1, -0.05) is 12.1 Å². The minimum Gasteiger partial charge on any atom is -0.329 e. The van der Waals surface area contributed by atoms with E-state index in [-0.39, 0.29) is 29.2 Å². The molecule has 1 aliphatic heterocycles. The van der Waals surface area contributed by atoms with Crippen LogP contribution in [0, 0.1) is 10.1 Å². The Morgan fingerprint density at radius 2 is 1.85 bits per heavy atom. The molecular weight excluding hydrogens is 258 g/mol. The molecule has 0 aromatic heterocycles. The maximum atomic E-state index is 12.1. The molecule has 1 aromatic rings. The standard InChI is InChI=1S/C14H19N3O3/c1-14(2,3)16-12(18)8-11(15)13(16)9-4-6-10(7-5-9)17(19)20/h4-7,11,13H,8,15H2,1-3H3. The van der Waals surface area contributed by atoms with Gasteiger partial charge in [-0.2, -0.15) is 0 Å². The summed E-state index contributed by atoms with van der Waals surface area (Å²) in [5, 5.41) is 10.7. The molecule has 6 heteroatoms.